The Morgan fingerprint density at radius 2 is 2.26 bits per heavy atom. The number of hydrogen-bond acceptors (Lipinski definition) is 6. The van der Waals surface area contributed by atoms with Gasteiger partial charge >= 0.3 is 0 Å². The molecule has 0 aromatic carbocycles. The smallest absolute Gasteiger partial charge is 0.252 e. The van der Waals surface area contributed by atoms with Crippen LogP contribution in [0.5, 0.6) is 0 Å². The van der Waals surface area contributed by atoms with E-state index in [9.17, 15) is 9.90 Å². The summed E-state index contributed by atoms with van der Waals surface area (Å²) in [6, 6.07) is 0.0152. The van der Waals surface area contributed by atoms with Crippen molar-refractivity contribution in [2.24, 2.45) is 5.73 Å². The lowest BCUT2D eigenvalue weighted by molar-refractivity contribution is 0.0904. The molecule has 0 bridgehead atoms. The molecule has 0 aliphatic carbocycles. The molecule has 1 atom stereocenters. The Morgan fingerprint density at radius 3 is 2.91 bits per heavy atom. The minimum absolute atomic E-state index is 0.0429. The quantitative estimate of drug-likeness (QED) is 0.746. The number of pyridine rings is 1. The second-order valence-corrected chi connectivity index (χ2v) is 5.80. The molecule has 3 rings (SSSR count). The molecule has 1 fully saturated rings. The summed E-state index contributed by atoms with van der Waals surface area (Å²) in [6.45, 7) is 3.19. The summed E-state index contributed by atoms with van der Waals surface area (Å²) in [4.78, 5) is 16.1. The highest BCUT2D eigenvalue weighted by molar-refractivity contribution is 6.05. The molecule has 2 aromatic rings. The van der Waals surface area contributed by atoms with Gasteiger partial charge in [0.05, 0.1) is 35.5 Å². The van der Waals surface area contributed by atoms with Gasteiger partial charge in [0.2, 0.25) is 0 Å². The maximum Gasteiger partial charge on any atom is 0.252 e. The zero-order valence-electron chi connectivity index (χ0n) is 13.0. The summed E-state index contributed by atoms with van der Waals surface area (Å²) in [5.74, 6) is -0.531. The summed E-state index contributed by atoms with van der Waals surface area (Å²) >= 11 is 0. The third-order valence-corrected chi connectivity index (χ3v) is 4.14. The minimum atomic E-state index is -0.531. The van der Waals surface area contributed by atoms with Crippen molar-refractivity contribution in [3.63, 3.8) is 0 Å². The summed E-state index contributed by atoms with van der Waals surface area (Å²) < 4.78 is 7.01. The van der Waals surface area contributed by atoms with Crippen LogP contribution in [0.3, 0.4) is 0 Å². The van der Waals surface area contributed by atoms with E-state index in [0.29, 0.717) is 30.1 Å². The largest absolute Gasteiger partial charge is 0.394 e. The number of nitrogens with zero attached hydrogens (tertiary/aromatic N) is 3. The first-order chi connectivity index (χ1) is 11.1. The van der Waals surface area contributed by atoms with Crippen molar-refractivity contribution in [1.29, 1.82) is 0 Å². The lowest BCUT2D eigenvalue weighted by atomic mass is 10.1. The topological polar surface area (TPSA) is 115 Å². The number of anilines is 1. The van der Waals surface area contributed by atoms with Crippen molar-refractivity contribution in [3.05, 3.63) is 18.0 Å². The van der Waals surface area contributed by atoms with E-state index in [0.717, 1.165) is 18.2 Å². The van der Waals surface area contributed by atoms with Gasteiger partial charge in [-0.2, -0.15) is 5.10 Å². The zero-order valence-corrected chi connectivity index (χ0v) is 13.0. The fourth-order valence-corrected chi connectivity index (χ4v) is 2.78. The predicted molar refractivity (Wildman–Crippen MR) is 85.3 cm³/mol. The van der Waals surface area contributed by atoms with Gasteiger partial charge in [0.1, 0.15) is 0 Å². The van der Waals surface area contributed by atoms with Gasteiger partial charge in [0.25, 0.3) is 5.91 Å². The van der Waals surface area contributed by atoms with Crippen LogP contribution in [0.1, 0.15) is 36.2 Å². The number of nitrogens with one attached hydrogen (secondary N) is 1. The van der Waals surface area contributed by atoms with Crippen molar-refractivity contribution in [2.75, 3.05) is 25.1 Å². The Morgan fingerprint density at radius 1 is 1.52 bits per heavy atom. The Kier molecular flexibility index (Phi) is 4.44. The number of aromatic nitrogens is 3. The van der Waals surface area contributed by atoms with Gasteiger partial charge in [-0.15, -0.1) is 0 Å². The van der Waals surface area contributed by atoms with E-state index in [2.05, 4.69) is 15.4 Å². The summed E-state index contributed by atoms with van der Waals surface area (Å²) in [7, 11) is 0. The average molecular weight is 319 g/mol. The maximum absolute atomic E-state index is 11.8. The second kappa shape index (κ2) is 6.51. The first kappa shape index (κ1) is 15.7. The number of primary amides is 1. The molecule has 2 aromatic heterocycles. The van der Waals surface area contributed by atoms with E-state index in [1.54, 1.807) is 10.9 Å². The molecule has 1 unspecified atom stereocenters. The van der Waals surface area contributed by atoms with Crippen LogP contribution in [0.2, 0.25) is 0 Å². The van der Waals surface area contributed by atoms with Crippen LogP contribution in [-0.4, -0.2) is 51.6 Å². The zero-order chi connectivity index (χ0) is 16.4. The maximum atomic E-state index is 11.8. The molecular formula is C15H21N5O3. The number of hydrogen-bond donors (Lipinski definition) is 3. The van der Waals surface area contributed by atoms with Gasteiger partial charge in [-0.05, 0) is 19.8 Å². The third kappa shape index (κ3) is 2.99. The van der Waals surface area contributed by atoms with Crippen LogP contribution in [0.4, 0.5) is 5.69 Å². The molecule has 1 amide bonds. The van der Waals surface area contributed by atoms with Gasteiger partial charge < -0.3 is 20.9 Å². The summed E-state index contributed by atoms with van der Waals surface area (Å²) in [6.07, 6.45) is 4.85. The molecular weight excluding hydrogens is 298 g/mol. The van der Waals surface area contributed by atoms with Gasteiger partial charge in [-0.25, -0.2) is 9.67 Å². The van der Waals surface area contributed by atoms with Gasteiger partial charge in [-0.3, -0.25) is 4.79 Å². The van der Waals surface area contributed by atoms with E-state index in [1.807, 2.05) is 6.92 Å². The summed E-state index contributed by atoms with van der Waals surface area (Å²) in [5, 5.41) is 17.8. The highest BCUT2D eigenvalue weighted by Crippen LogP contribution is 2.29. The highest BCUT2D eigenvalue weighted by atomic mass is 16.5. The molecule has 3 heterocycles. The highest BCUT2D eigenvalue weighted by Gasteiger charge is 2.21. The first-order valence-corrected chi connectivity index (χ1v) is 7.73. The van der Waals surface area contributed by atoms with Crippen LogP contribution in [0, 0.1) is 0 Å². The molecule has 124 valence electrons. The Labute approximate surface area is 133 Å². The lowest BCUT2D eigenvalue weighted by Gasteiger charge is -2.25. The molecule has 1 saturated heterocycles. The molecule has 8 nitrogen and oxygen atoms in total. The number of nitrogens with two attached hydrogens (primary N) is 1. The monoisotopic (exact) mass is 319 g/mol. The molecule has 0 saturated carbocycles. The lowest BCUT2D eigenvalue weighted by Crippen LogP contribution is -2.29. The fraction of sp³-hybridized carbons (Fsp3) is 0.533. The van der Waals surface area contributed by atoms with E-state index in [4.69, 9.17) is 10.5 Å². The summed E-state index contributed by atoms with van der Waals surface area (Å²) in [5.41, 5.74) is 7.11. The second-order valence-electron chi connectivity index (χ2n) is 5.80. The average Bonchev–Trinajstić information content (AvgIpc) is 2.99. The van der Waals surface area contributed by atoms with Crippen molar-refractivity contribution in [2.45, 2.75) is 31.8 Å². The van der Waals surface area contributed by atoms with Crippen LogP contribution >= 0.6 is 0 Å². The number of ether oxygens (including phenoxy) is 1. The predicted octanol–water partition coefficient (Wildman–Crippen LogP) is 0.674. The minimum Gasteiger partial charge on any atom is -0.394 e. The molecule has 1 aliphatic rings. The van der Waals surface area contributed by atoms with Crippen molar-refractivity contribution in [3.8, 4) is 0 Å². The Bertz CT molecular complexity index is 708. The normalized spacial score (nSPS) is 17.3. The van der Waals surface area contributed by atoms with E-state index < -0.39 is 5.91 Å². The van der Waals surface area contributed by atoms with Gasteiger partial charge in [-0.1, -0.05) is 0 Å². The number of aliphatic hydroxyl groups is 1. The number of fused-ring (bicyclic) bond motifs is 1. The number of rotatable bonds is 5. The van der Waals surface area contributed by atoms with E-state index in [1.165, 1.54) is 6.20 Å². The van der Waals surface area contributed by atoms with Gasteiger partial charge in [0, 0.05) is 25.5 Å². The van der Waals surface area contributed by atoms with Crippen molar-refractivity contribution < 1.29 is 14.6 Å². The molecule has 8 heteroatoms. The first-order valence-electron chi connectivity index (χ1n) is 7.73. The van der Waals surface area contributed by atoms with Crippen LogP contribution in [-0.2, 0) is 4.74 Å². The Hall–Kier alpha value is -2.19. The van der Waals surface area contributed by atoms with E-state index in [-0.39, 0.29) is 18.7 Å². The molecule has 4 N–H and O–H groups in total. The van der Waals surface area contributed by atoms with Crippen molar-refractivity contribution >= 4 is 22.6 Å². The Balaban J connectivity index is 2.05. The van der Waals surface area contributed by atoms with Crippen LogP contribution < -0.4 is 11.1 Å². The number of carbonyl (C=O) groups is 1. The SMILES string of the molecule is CC(CO)n1ncc2c(NC3CCOCC3)c(C(N)=O)cnc21. The molecule has 23 heavy (non-hydrogen) atoms. The number of aliphatic hydroxyl groups excluding tert-OH is 1. The molecule has 0 radical (unpaired) electrons. The number of carbonyl (C=O) groups excluding carboxylic acids is 1. The van der Waals surface area contributed by atoms with Crippen molar-refractivity contribution in [1.82, 2.24) is 14.8 Å². The molecule has 1 aliphatic heterocycles. The number of amides is 1. The standard InChI is InChI=1S/C15H21N5O3/c1-9(8-21)20-15-12(7-18-20)13(11(6-17-15)14(16)22)19-10-2-4-23-5-3-10/h6-7,9-10,21H,2-5,8H2,1H3,(H2,16,22)(H,17,19). The fourth-order valence-electron chi connectivity index (χ4n) is 2.78. The molecule has 0 spiro atoms. The van der Waals surface area contributed by atoms with Gasteiger partial charge in [0.15, 0.2) is 5.65 Å². The van der Waals surface area contributed by atoms with Crippen LogP contribution in [0.15, 0.2) is 12.4 Å². The third-order valence-electron chi connectivity index (χ3n) is 4.14. The van der Waals surface area contributed by atoms with Crippen LogP contribution in [0.25, 0.3) is 11.0 Å². The van der Waals surface area contributed by atoms with E-state index >= 15 is 0 Å².